The van der Waals surface area contributed by atoms with Crippen LogP contribution in [0.2, 0.25) is 0 Å². The van der Waals surface area contributed by atoms with Gasteiger partial charge in [-0.15, -0.1) is 11.3 Å². The van der Waals surface area contributed by atoms with E-state index in [0.717, 1.165) is 0 Å². The maximum Gasteiger partial charge on any atom is 0.387 e. The summed E-state index contributed by atoms with van der Waals surface area (Å²) in [6.45, 7) is -2.91. The SMILES string of the molecule is O=C(O)CCc1csc(Nc2ccccc2OC(F)F)n1. The number of carbonyl (C=O) groups is 1. The molecule has 2 rings (SSSR count). The Morgan fingerprint density at radius 1 is 1.43 bits per heavy atom. The van der Waals surface area contributed by atoms with Crippen molar-refractivity contribution in [3.05, 3.63) is 35.3 Å². The van der Waals surface area contributed by atoms with Gasteiger partial charge in [0, 0.05) is 11.8 Å². The van der Waals surface area contributed by atoms with Crippen molar-refractivity contribution in [3.63, 3.8) is 0 Å². The van der Waals surface area contributed by atoms with Crippen LogP contribution in [-0.2, 0) is 11.2 Å². The number of nitrogens with zero attached hydrogens (tertiary/aromatic N) is 1. The van der Waals surface area contributed by atoms with E-state index < -0.39 is 12.6 Å². The number of carboxylic acids is 1. The van der Waals surface area contributed by atoms with E-state index in [1.54, 1.807) is 23.6 Å². The summed E-state index contributed by atoms with van der Waals surface area (Å²) < 4.78 is 29.0. The number of anilines is 2. The van der Waals surface area contributed by atoms with E-state index in [2.05, 4.69) is 15.0 Å². The number of aryl methyl sites for hydroxylation is 1. The van der Waals surface area contributed by atoms with Gasteiger partial charge in [0.25, 0.3) is 0 Å². The van der Waals surface area contributed by atoms with Gasteiger partial charge < -0.3 is 15.2 Å². The molecule has 21 heavy (non-hydrogen) atoms. The first-order valence-corrected chi connectivity index (χ1v) is 6.89. The van der Waals surface area contributed by atoms with Crippen LogP contribution in [0.3, 0.4) is 0 Å². The predicted molar refractivity (Wildman–Crippen MR) is 74.4 cm³/mol. The van der Waals surface area contributed by atoms with Crippen LogP contribution in [0.1, 0.15) is 12.1 Å². The van der Waals surface area contributed by atoms with Crippen LogP contribution >= 0.6 is 11.3 Å². The summed E-state index contributed by atoms with van der Waals surface area (Å²) in [5, 5.41) is 13.7. The lowest BCUT2D eigenvalue weighted by atomic mass is 10.2. The molecule has 0 saturated carbocycles. The third kappa shape index (κ3) is 4.67. The molecular weight excluding hydrogens is 302 g/mol. The minimum atomic E-state index is -2.91. The molecule has 0 saturated heterocycles. The average molecular weight is 314 g/mol. The van der Waals surface area contributed by atoms with Gasteiger partial charge in [-0.25, -0.2) is 4.98 Å². The van der Waals surface area contributed by atoms with Crippen LogP contribution in [0.5, 0.6) is 5.75 Å². The summed E-state index contributed by atoms with van der Waals surface area (Å²) in [6, 6.07) is 6.28. The van der Waals surface area contributed by atoms with Gasteiger partial charge in [0.1, 0.15) is 5.75 Å². The summed E-state index contributed by atoms with van der Waals surface area (Å²) in [5.41, 5.74) is 1.01. The quantitative estimate of drug-likeness (QED) is 0.818. The molecule has 5 nitrogen and oxygen atoms in total. The minimum Gasteiger partial charge on any atom is -0.481 e. The lowest BCUT2D eigenvalue weighted by molar-refractivity contribution is -0.136. The third-order valence-corrected chi connectivity index (χ3v) is 3.30. The Bertz CT molecular complexity index is 619. The fraction of sp³-hybridized carbons (Fsp3) is 0.231. The number of hydrogen-bond acceptors (Lipinski definition) is 5. The zero-order valence-corrected chi connectivity index (χ0v) is 11.6. The van der Waals surface area contributed by atoms with Crippen LogP contribution in [0.15, 0.2) is 29.6 Å². The second kappa shape index (κ2) is 6.98. The molecule has 0 aliphatic heterocycles. The number of halogens is 2. The molecule has 112 valence electrons. The monoisotopic (exact) mass is 314 g/mol. The van der Waals surface area contributed by atoms with Gasteiger partial charge in [0.15, 0.2) is 5.13 Å². The maximum atomic E-state index is 12.3. The fourth-order valence-corrected chi connectivity index (χ4v) is 2.36. The zero-order chi connectivity index (χ0) is 15.2. The number of carboxylic acid groups (broad SMARTS) is 1. The van der Waals surface area contributed by atoms with Crippen molar-refractivity contribution < 1.29 is 23.4 Å². The van der Waals surface area contributed by atoms with E-state index >= 15 is 0 Å². The number of alkyl halides is 2. The lowest BCUT2D eigenvalue weighted by Gasteiger charge is -2.10. The van der Waals surface area contributed by atoms with Crippen molar-refractivity contribution in [2.24, 2.45) is 0 Å². The minimum absolute atomic E-state index is 0.00570. The van der Waals surface area contributed by atoms with Crippen molar-refractivity contribution >= 4 is 28.1 Å². The Balaban J connectivity index is 2.06. The van der Waals surface area contributed by atoms with E-state index in [-0.39, 0.29) is 12.2 Å². The Labute approximate surface area is 123 Å². The van der Waals surface area contributed by atoms with Crippen molar-refractivity contribution in [3.8, 4) is 5.75 Å². The number of nitrogens with one attached hydrogen (secondary N) is 1. The van der Waals surface area contributed by atoms with Crippen LogP contribution in [-0.4, -0.2) is 22.7 Å². The molecule has 0 aliphatic rings. The molecule has 2 aromatic rings. The van der Waals surface area contributed by atoms with E-state index in [1.165, 1.54) is 17.4 Å². The van der Waals surface area contributed by atoms with Crippen LogP contribution in [0.25, 0.3) is 0 Å². The number of hydrogen-bond donors (Lipinski definition) is 2. The molecule has 1 aromatic carbocycles. The average Bonchev–Trinajstić information content (AvgIpc) is 2.86. The smallest absolute Gasteiger partial charge is 0.387 e. The molecule has 1 aromatic heterocycles. The first-order valence-electron chi connectivity index (χ1n) is 6.01. The first-order chi connectivity index (χ1) is 10.0. The number of aliphatic carboxylic acids is 1. The molecule has 0 atom stereocenters. The summed E-state index contributed by atoms with van der Waals surface area (Å²) in [7, 11) is 0. The number of rotatable bonds is 7. The number of thiazole rings is 1. The lowest BCUT2D eigenvalue weighted by Crippen LogP contribution is -2.04. The van der Waals surface area contributed by atoms with Gasteiger partial charge in [-0.3, -0.25) is 4.79 Å². The summed E-state index contributed by atoms with van der Waals surface area (Å²) in [4.78, 5) is 14.7. The number of para-hydroxylation sites is 2. The van der Waals surface area contributed by atoms with Crippen LogP contribution < -0.4 is 10.1 Å². The molecule has 8 heteroatoms. The highest BCUT2D eigenvalue weighted by molar-refractivity contribution is 7.13. The Morgan fingerprint density at radius 3 is 2.90 bits per heavy atom. The largest absolute Gasteiger partial charge is 0.481 e. The maximum absolute atomic E-state index is 12.3. The van der Waals surface area contributed by atoms with E-state index in [9.17, 15) is 13.6 Å². The summed E-state index contributed by atoms with van der Waals surface area (Å²) in [5.74, 6) is -0.872. The van der Waals surface area contributed by atoms with Gasteiger partial charge >= 0.3 is 12.6 Å². The van der Waals surface area contributed by atoms with Gasteiger partial charge in [0.2, 0.25) is 0 Å². The number of benzene rings is 1. The van der Waals surface area contributed by atoms with E-state index in [4.69, 9.17) is 5.11 Å². The normalized spacial score (nSPS) is 10.6. The van der Waals surface area contributed by atoms with Crippen molar-refractivity contribution in [2.75, 3.05) is 5.32 Å². The van der Waals surface area contributed by atoms with E-state index in [0.29, 0.717) is 22.9 Å². The molecular formula is C13H12F2N2O3S. The van der Waals surface area contributed by atoms with Gasteiger partial charge in [0.05, 0.1) is 17.8 Å². The molecule has 0 fully saturated rings. The third-order valence-electron chi connectivity index (χ3n) is 2.49. The van der Waals surface area contributed by atoms with Gasteiger partial charge in [-0.1, -0.05) is 12.1 Å². The highest BCUT2D eigenvalue weighted by Crippen LogP contribution is 2.30. The van der Waals surface area contributed by atoms with Crippen LogP contribution in [0, 0.1) is 0 Å². The molecule has 0 unspecified atom stereocenters. The van der Waals surface area contributed by atoms with Crippen molar-refractivity contribution in [1.82, 2.24) is 4.98 Å². The number of ether oxygens (including phenoxy) is 1. The molecule has 0 radical (unpaired) electrons. The molecule has 1 heterocycles. The standard InChI is InChI=1S/C13H12F2N2O3S/c14-12(15)20-10-4-2-1-3-9(10)17-13-16-8(7-21-13)5-6-11(18)19/h1-4,7,12H,5-6H2,(H,16,17)(H,18,19). The number of aromatic nitrogens is 1. The highest BCUT2D eigenvalue weighted by Gasteiger charge is 2.11. The predicted octanol–water partition coefficient (Wildman–Crippen LogP) is 3.51. The van der Waals surface area contributed by atoms with Gasteiger partial charge in [-0.2, -0.15) is 8.78 Å². The Hall–Kier alpha value is -2.22. The second-order valence-corrected chi connectivity index (χ2v) is 4.90. The topological polar surface area (TPSA) is 71.5 Å². The Kier molecular flexibility index (Phi) is 5.04. The van der Waals surface area contributed by atoms with Crippen molar-refractivity contribution in [1.29, 1.82) is 0 Å². The van der Waals surface area contributed by atoms with E-state index in [1.807, 2.05) is 0 Å². The van der Waals surface area contributed by atoms with Crippen molar-refractivity contribution in [2.45, 2.75) is 19.5 Å². The molecule has 0 aliphatic carbocycles. The second-order valence-electron chi connectivity index (χ2n) is 4.04. The summed E-state index contributed by atoms with van der Waals surface area (Å²) >= 11 is 1.27. The Morgan fingerprint density at radius 2 is 2.19 bits per heavy atom. The molecule has 2 N–H and O–H groups in total. The van der Waals surface area contributed by atoms with Crippen LogP contribution in [0.4, 0.5) is 19.6 Å². The highest BCUT2D eigenvalue weighted by atomic mass is 32.1. The molecule has 0 bridgehead atoms. The zero-order valence-electron chi connectivity index (χ0n) is 10.8. The fourth-order valence-electron chi connectivity index (χ4n) is 1.60. The molecule has 0 amide bonds. The molecule has 0 spiro atoms. The summed E-state index contributed by atoms with van der Waals surface area (Å²) in [6.07, 6.45) is 0.316. The van der Waals surface area contributed by atoms with Gasteiger partial charge in [-0.05, 0) is 12.1 Å². The first kappa shape index (κ1) is 15.2.